The lowest BCUT2D eigenvalue weighted by atomic mass is 9.69. The van der Waals surface area contributed by atoms with E-state index < -0.39 is 5.41 Å². The molecule has 0 saturated carbocycles. The molecule has 3 N–H and O–H groups in total. The zero-order valence-corrected chi connectivity index (χ0v) is 22.4. The zero-order chi connectivity index (χ0) is 27.4. The number of aromatic nitrogens is 4. The summed E-state index contributed by atoms with van der Waals surface area (Å²) in [7, 11) is 0. The van der Waals surface area contributed by atoms with Crippen molar-refractivity contribution in [3.63, 3.8) is 0 Å². The number of H-pyrrole nitrogens is 1. The number of rotatable bonds is 10. The third-order valence-electron chi connectivity index (χ3n) is 8.04. The van der Waals surface area contributed by atoms with E-state index in [2.05, 4.69) is 73.6 Å². The highest BCUT2D eigenvalue weighted by atomic mass is 19.1. The van der Waals surface area contributed by atoms with Crippen LogP contribution in [0.2, 0.25) is 0 Å². The third kappa shape index (κ3) is 5.04. The van der Waals surface area contributed by atoms with Gasteiger partial charge in [0.25, 0.3) is 0 Å². The van der Waals surface area contributed by atoms with Gasteiger partial charge < -0.3 is 15.5 Å². The lowest BCUT2D eigenvalue weighted by Crippen LogP contribution is -2.38. The summed E-state index contributed by atoms with van der Waals surface area (Å²) < 4.78 is 14.5. The Labute approximate surface area is 229 Å². The highest BCUT2D eigenvalue weighted by Gasteiger charge is 2.44. The molecular formula is C30H35FN8. The highest BCUT2D eigenvalue weighted by Crippen LogP contribution is 2.46. The topological polar surface area (TPSA) is 106 Å². The van der Waals surface area contributed by atoms with E-state index in [1.165, 1.54) is 6.07 Å². The Morgan fingerprint density at radius 3 is 2.69 bits per heavy atom. The van der Waals surface area contributed by atoms with Crippen molar-refractivity contribution < 1.29 is 4.39 Å². The van der Waals surface area contributed by atoms with E-state index in [4.69, 9.17) is 0 Å². The van der Waals surface area contributed by atoms with Gasteiger partial charge in [-0.1, -0.05) is 36.6 Å². The summed E-state index contributed by atoms with van der Waals surface area (Å²) in [4.78, 5) is 2.10. The van der Waals surface area contributed by atoms with Crippen LogP contribution in [0.5, 0.6) is 0 Å². The number of tetrazole rings is 1. The van der Waals surface area contributed by atoms with Crippen LogP contribution >= 0.6 is 0 Å². The number of hydrogen-bond donors (Lipinski definition) is 3. The number of nitriles is 1. The Balaban J connectivity index is 1.52. The van der Waals surface area contributed by atoms with Gasteiger partial charge in [0.15, 0.2) is 5.82 Å². The molecule has 2 aromatic carbocycles. The first-order valence-electron chi connectivity index (χ1n) is 13.6. The quantitative estimate of drug-likeness (QED) is 0.345. The Morgan fingerprint density at radius 1 is 1.21 bits per heavy atom. The van der Waals surface area contributed by atoms with Crippen molar-refractivity contribution in [1.29, 1.82) is 5.26 Å². The van der Waals surface area contributed by atoms with E-state index in [0.29, 0.717) is 31.8 Å². The molecular weight excluding hydrogens is 491 g/mol. The van der Waals surface area contributed by atoms with Gasteiger partial charge in [0.1, 0.15) is 11.9 Å². The molecule has 0 amide bonds. The van der Waals surface area contributed by atoms with Crippen LogP contribution in [0.15, 0.2) is 55.3 Å². The van der Waals surface area contributed by atoms with Crippen LogP contribution in [0.3, 0.4) is 0 Å². The second-order valence-corrected chi connectivity index (χ2v) is 10.3. The molecule has 1 saturated heterocycles. The van der Waals surface area contributed by atoms with Crippen molar-refractivity contribution in [1.82, 2.24) is 36.2 Å². The SMILES string of the molecule is C=C(NCC)c1ccc2c(c1)CCc1cc(F)ccc1C2(CCNCC(=C)N1CCCC1C#N)c1nn[nH]n1. The Bertz CT molecular complexity index is 1390. The number of hydrogen-bond acceptors (Lipinski definition) is 7. The molecule has 9 heteroatoms. The molecule has 2 atom stereocenters. The van der Waals surface area contributed by atoms with E-state index in [0.717, 1.165) is 71.6 Å². The van der Waals surface area contributed by atoms with Gasteiger partial charge in [0.2, 0.25) is 0 Å². The molecule has 2 heterocycles. The van der Waals surface area contributed by atoms with E-state index in [9.17, 15) is 9.65 Å². The van der Waals surface area contributed by atoms with E-state index in [1.54, 1.807) is 6.07 Å². The first-order valence-corrected chi connectivity index (χ1v) is 13.6. The van der Waals surface area contributed by atoms with Crippen LogP contribution in [0, 0.1) is 17.1 Å². The number of benzene rings is 2. The second-order valence-electron chi connectivity index (χ2n) is 10.3. The fraction of sp³-hybridized carbons (Fsp3) is 0.400. The fourth-order valence-electron chi connectivity index (χ4n) is 6.17. The second kappa shape index (κ2) is 11.4. The maximum Gasteiger partial charge on any atom is 0.189 e. The Morgan fingerprint density at radius 2 is 1.97 bits per heavy atom. The van der Waals surface area contributed by atoms with Crippen LogP contribution in [-0.4, -0.2) is 57.7 Å². The molecule has 1 fully saturated rings. The number of likely N-dealkylation sites (tertiary alicyclic amines) is 1. The molecule has 2 aliphatic rings. The van der Waals surface area contributed by atoms with Crippen molar-refractivity contribution >= 4 is 5.70 Å². The fourth-order valence-corrected chi connectivity index (χ4v) is 6.17. The molecule has 2 unspecified atom stereocenters. The van der Waals surface area contributed by atoms with E-state index in [1.807, 2.05) is 13.0 Å². The van der Waals surface area contributed by atoms with E-state index >= 15 is 0 Å². The summed E-state index contributed by atoms with van der Waals surface area (Å²) in [6.45, 7) is 13.3. The largest absolute Gasteiger partial charge is 0.385 e. The molecule has 5 rings (SSSR count). The smallest absolute Gasteiger partial charge is 0.189 e. The number of halogens is 1. The molecule has 0 bridgehead atoms. The van der Waals surface area contributed by atoms with Crippen molar-refractivity contribution in [3.05, 3.63) is 94.7 Å². The van der Waals surface area contributed by atoms with Crippen LogP contribution in [-0.2, 0) is 18.3 Å². The van der Waals surface area contributed by atoms with Gasteiger partial charge in [-0.25, -0.2) is 4.39 Å². The van der Waals surface area contributed by atoms with Gasteiger partial charge in [0.05, 0.1) is 11.5 Å². The number of aromatic amines is 1. The van der Waals surface area contributed by atoms with Gasteiger partial charge in [-0.3, -0.25) is 0 Å². The number of nitrogens with zero attached hydrogens (tertiary/aromatic N) is 5. The number of nitrogens with one attached hydrogen (secondary N) is 3. The molecule has 1 aromatic heterocycles. The highest BCUT2D eigenvalue weighted by molar-refractivity contribution is 5.65. The van der Waals surface area contributed by atoms with Crippen LogP contribution < -0.4 is 10.6 Å². The summed E-state index contributed by atoms with van der Waals surface area (Å²) in [5, 5.41) is 31.9. The predicted molar refractivity (Wildman–Crippen MR) is 149 cm³/mol. The Hall–Kier alpha value is -4.03. The zero-order valence-electron chi connectivity index (χ0n) is 22.4. The monoisotopic (exact) mass is 526 g/mol. The van der Waals surface area contributed by atoms with Crippen molar-refractivity contribution in [2.24, 2.45) is 0 Å². The minimum absolute atomic E-state index is 0.105. The van der Waals surface area contributed by atoms with Gasteiger partial charge in [-0.05, 0) is 91.6 Å². The average Bonchev–Trinajstić information content (AvgIpc) is 3.63. The minimum atomic E-state index is -0.739. The lowest BCUT2D eigenvalue weighted by Gasteiger charge is -2.34. The molecule has 8 nitrogen and oxygen atoms in total. The maximum absolute atomic E-state index is 14.5. The van der Waals surface area contributed by atoms with Gasteiger partial charge in [-0.2, -0.15) is 10.5 Å². The molecule has 3 aromatic rings. The summed E-state index contributed by atoms with van der Waals surface area (Å²) in [6.07, 6.45) is 3.97. The van der Waals surface area contributed by atoms with Gasteiger partial charge in [0, 0.05) is 31.0 Å². The molecule has 1 aliphatic heterocycles. The normalized spacial score (nSPS) is 20.0. The summed E-state index contributed by atoms with van der Waals surface area (Å²) in [6, 6.07) is 13.7. The summed E-state index contributed by atoms with van der Waals surface area (Å²) in [5.41, 5.74) is 6.27. The van der Waals surface area contributed by atoms with E-state index in [-0.39, 0.29) is 11.9 Å². The van der Waals surface area contributed by atoms with Crippen molar-refractivity contribution in [2.45, 2.75) is 50.5 Å². The lowest BCUT2D eigenvalue weighted by molar-refractivity contribution is 0.359. The maximum atomic E-state index is 14.5. The predicted octanol–water partition coefficient (Wildman–Crippen LogP) is 3.83. The molecule has 202 valence electrons. The molecule has 0 spiro atoms. The third-order valence-corrected chi connectivity index (χ3v) is 8.04. The van der Waals surface area contributed by atoms with Crippen molar-refractivity contribution in [3.8, 4) is 6.07 Å². The van der Waals surface area contributed by atoms with Crippen LogP contribution in [0.25, 0.3) is 5.70 Å². The molecule has 39 heavy (non-hydrogen) atoms. The van der Waals surface area contributed by atoms with Crippen LogP contribution in [0.1, 0.15) is 59.8 Å². The van der Waals surface area contributed by atoms with Gasteiger partial charge in [-0.15, -0.1) is 10.2 Å². The molecule has 1 aliphatic carbocycles. The average molecular weight is 527 g/mol. The summed E-state index contributed by atoms with van der Waals surface area (Å²) in [5.74, 6) is 0.302. The van der Waals surface area contributed by atoms with Crippen molar-refractivity contribution in [2.75, 3.05) is 26.2 Å². The number of aryl methyl sites for hydroxylation is 2. The van der Waals surface area contributed by atoms with Crippen LogP contribution in [0.4, 0.5) is 4.39 Å². The number of fused-ring (bicyclic) bond motifs is 2. The standard InChI is InChI=1S/C30H35FN8/c1-4-34-21(3)22-9-11-27-23(16-22)7-8-24-17-25(31)10-12-28(24)30(27,29-35-37-38-36-29)13-14-33-19-20(2)39-15-5-6-26(39)18-32/h9-12,16-17,26,33-34H,2-8,13-15,19H2,1H3,(H,35,36,37,38). The minimum Gasteiger partial charge on any atom is -0.385 e. The molecule has 0 radical (unpaired) electrons. The summed E-state index contributed by atoms with van der Waals surface area (Å²) >= 11 is 0. The Kier molecular flexibility index (Phi) is 7.75. The first-order chi connectivity index (χ1) is 19.0. The first kappa shape index (κ1) is 26.6. The van der Waals surface area contributed by atoms with Gasteiger partial charge >= 0.3 is 0 Å².